The highest BCUT2D eigenvalue weighted by atomic mass is 15.0. The van der Waals surface area contributed by atoms with Gasteiger partial charge in [-0.05, 0) is 49.4 Å². The lowest BCUT2D eigenvalue weighted by molar-refractivity contribution is -0.673. The molecule has 0 aliphatic heterocycles. The van der Waals surface area contributed by atoms with Crippen LogP contribution in [0.3, 0.4) is 0 Å². The van der Waals surface area contributed by atoms with E-state index in [1.807, 2.05) is 0 Å². The molecule has 6 atom stereocenters. The zero-order valence-electron chi connectivity index (χ0n) is 12.0. The van der Waals surface area contributed by atoms with Gasteiger partial charge in [-0.3, -0.25) is 0 Å². The van der Waals surface area contributed by atoms with Gasteiger partial charge < -0.3 is 5.32 Å². The fraction of sp³-hybridized carbons (Fsp3) is 0.938. The Hall–Kier alpha value is -0.0400. The van der Waals surface area contributed by atoms with Gasteiger partial charge in [0.05, 0.1) is 6.04 Å². The van der Waals surface area contributed by atoms with Crippen LogP contribution in [0.2, 0.25) is 0 Å². The Morgan fingerprint density at radius 3 is 2.53 bits per heavy atom. The third-order valence-corrected chi connectivity index (χ3v) is 6.87. The van der Waals surface area contributed by atoms with Crippen molar-refractivity contribution in [1.29, 1.82) is 0 Å². The highest BCUT2D eigenvalue weighted by molar-refractivity contribution is 5.15. The predicted molar refractivity (Wildman–Crippen MR) is 71.1 cm³/mol. The Morgan fingerprint density at radius 2 is 1.94 bits per heavy atom. The van der Waals surface area contributed by atoms with Crippen molar-refractivity contribution in [3.63, 3.8) is 0 Å². The van der Waals surface area contributed by atoms with Crippen LogP contribution in [0.15, 0.2) is 0 Å². The van der Waals surface area contributed by atoms with Crippen LogP contribution in [-0.4, -0.2) is 6.04 Å². The maximum absolute atomic E-state index is 4.18. The molecule has 0 aromatic carbocycles. The molecule has 4 aliphatic rings. The average Bonchev–Trinajstić information content (AvgIpc) is 2.48. The standard InChI is InChI=1S/C16H29N/c1-10(2)11-9-16(4)13-6-7-15(3,8-12(11)13)14(16)17-5/h10-14H,5-9,17H2,1-4H3/t11?,12?,13?,14-,15?,16?/m1/s1. The molecule has 4 saturated carbocycles. The molecule has 1 heteroatoms. The molecule has 4 aliphatic carbocycles. The van der Waals surface area contributed by atoms with Gasteiger partial charge in [0, 0.05) is 10.8 Å². The van der Waals surface area contributed by atoms with E-state index in [9.17, 15) is 0 Å². The smallest absolute Gasteiger partial charge is 0.0731 e. The molecule has 0 aromatic rings. The lowest BCUT2D eigenvalue weighted by atomic mass is 9.48. The van der Waals surface area contributed by atoms with Crippen LogP contribution >= 0.6 is 0 Å². The molecule has 0 heterocycles. The fourth-order valence-corrected chi connectivity index (χ4v) is 6.28. The van der Waals surface area contributed by atoms with E-state index < -0.39 is 0 Å². The Bertz CT molecular complexity index is 323. The highest BCUT2D eigenvalue weighted by Gasteiger charge is 2.67. The Balaban J connectivity index is 2.01. The van der Waals surface area contributed by atoms with E-state index in [0.29, 0.717) is 10.8 Å². The minimum Gasteiger partial charge on any atom is -0.475 e. The van der Waals surface area contributed by atoms with Crippen molar-refractivity contribution in [2.75, 3.05) is 0 Å². The molecule has 0 saturated heterocycles. The van der Waals surface area contributed by atoms with Crippen LogP contribution in [0.25, 0.3) is 0 Å². The lowest BCUT2D eigenvalue weighted by Crippen LogP contribution is -2.92. The number of nitrogens with two attached hydrogens (primary N) is 1. The molecule has 0 spiro atoms. The Kier molecular flexibility index (Phi) is 2.47. The molecule has 0 aromatic heterocycles. The number of hydrogen-bond donors (Lipinski definition) is 1. The van der Waals surface area contributed by atoms with Crippen LogP contribution < -0.4 is 5.32 Å². The molecule has 17 heavy (non-hydrogen) atoms. The van der Waals surface area contributed by atoms with E-state index in [2.05, 4.69) is 40.1 Å². The minimum absolute atomic E-state index is 0.569. The normalized spacial score (nSPS) is 56.8. The summed E-state index contributed by atoms with van der Waals surface area (Å²) in [5.74, 6) is 3.87. The van der Waals surface area contributed by atoms with Gasteiger partial charge in [-0.2, -0.15) is 7.05 Å². The van der Waals surface area contributed by atoms with Crippen LogP contribution in [0.5, 0.6) is 0 Å². The summed E-state index contributed by atoms with van der Waals surface area (Å²) in [4.78, 5) is 0. The number of quaternary nitrogens is 1. The van der Waals surface area contributed by atoms with Crippen LogP contribution in [-0.2, 0) is 0 Å². The van der Waals surface area contributed by atoms with E-state index in [0.717, 1.165) is 29.7 Å². The van der Waals surface area contributed by atoms with Gasteiger partial charge in [-0.25, -0.2) is 0 Å². The fourth-order valence-electron chi connectivity index (χ4n) is 6.28. The van der Waals surface area contributed by atoms with Gasteiger partial charge in [0.2, 0.25) is 0 Å². The third-order valence-electron chi connectivity index (χ3n) is 6.87. The van der Waals surface area contributed by atoms with Crippen molar-refractivity contribution >= 4 is 0 Å². The number of fused-ring (bicyclic) bond motifs is 1. The van der Waals surface area contributed by atoms with Gasteiger partial charge in [-0.1, -0.05) is 27.7 Å². The van der Waals surface area contributed by atoms with Crippen LogP contribution in [0, 0.1) is 41.5 Å². The molecule has 4 fully saturated rings. The summed E-state index contributed by atoms with van der Waals surface area (Å²) in [6.45, 7) is 10.00. The maximum atomic E-state index is 4.18. The topological polar surface area (TPSA) is 16.6 Å². The molecule has 0 amide bonds. The SMILES string of the molecule is [CH2-][NH2+][C@@H]1C2(C)CCC3C(C2)C(C(C)C)CC31C. The second kappa shape index (κ2) is 3.50. The molecule has 1 nitrogen and oxygen atoms in total. The second-order valence-electron chi connectivity index (χ2n) is 8.00. The van der Waals surface area contributed by atoms with E-state index in [1.165, 1.54) is 25.7 Å². The summed E-state index contributed by atoms with van der Waals surface area (Å²) in [5.41, 5.74) is 1.14. The van der Waals surface area contributed by atoms with Gasteiger partial charge in [0.15, 0.2) is 0 Å². The molecule has 4 rings (SSSR count). The second-order valence-corrected chi connectivity index (χ2v) is 8.00. The van der Waals surface area contributed by atoms with Gasteiger partial charge >= 0.3 is 0 Å². The molecule has 0 radical (unpaired) electrons. The monoisotopic (exact) mass is 235 g/mol. The average molecular weight is 235 g/mol. The number of rotatable bonds is 2. The molecular weight excluding hydrogens is 206 g/mol. The quantitative estimate of drug-likeness (QED) is 0.709. The van der Waals surface area contributed by atoms with Crippen molar-refractivity contribution in [2.24, 2.45) is 34.5 Å². The van der Waals surface area contributed by atoms with Crippen molar-refractivity contribution in [3.05, 3.63) is 7.05 Å². The first-order valence-corrected chi connectivity index (χ1v) is 7.55. The van der Waals surface area contributed by atoms with Crippen LogP contribution in [0.1, 0.15) is 53.4 Å². The maximum Gasteiger partial charge on any atom is 0.0731 e. The largest absolute Gasteiger partial charge is 0.475 e. The summed E-state index contributed by atoms with van der Waals surface area (Å²) >= 11 is 0. The van der Waals surface area contributed by atoms with Crippen molar-refractivity contribution < 1.29 is 5.32 Å². The van der Waals surface area contributed by atoms with Gasteiger partial charge in [-0.15, -0.1) is 0 Å². The molecular formula is C16H29N. The molecule has 4 bridgehead atoms. The van der Waals surface area contributed by atoms with E-state index >= 15 is 0 Å². The van der Waals surface area contributed by atoms with E-state index in [4.69, 9.17) is 0 Å². The first kappa shape index (κ1) is 12.0. The molecule has 98 valence electrons. The zero-order chi connectivity index (χ0) is 12.4. The Labute approximate surface area is 107 Å². The van der Waals surface area contributed by atoms with Gasteiger partial charge in [0.25, 0.3) is 0 Å². The summed E-state index contributed by atoms with van der Waals surface area (Å²) in [6, 6.07) is 0.772. The summed E-state index contributed by atoms with van der Waals surface area (Å²) < 4.78 is 0. The van der Waals surface area contributed by atoms with Gasteiger partial charge in [0.1, 0.15) is 0 Å². The van der Waals surface area contributed by atoms with Crippen molar-refractivity contribution in [3.8, 4) is 0 Å². The van der Waals surface area contributed by atoms with Crippen molar-refractivity contribution in [1.82, 2.24) is 0 Å². The van der Waals surface area contributed by atoms with E-state index in [1.54, 1.807) is 0 Å². The summed E-state index contributed by atoms with van der Waals surface area (Å²) in [5, 5.41) is 2.31. The van der Waals surface area contributed by atoms with E-state index in [-0.39, 0.29) is 0 Å². The number of hydrogen-bond acceptors (Lipinski definition) is 0. The first-order valence-electron chi connectivity index (χ1n) is 7.55. The van der Waals surface area contributed by atoms with Crippen LogP contribution in [0.4, 0.5) is 0 Å². The molecule has 5 unspecified atom stereocenters. The zero-order valence-corrected chi connectivity index (χ0v) is 12.0. The predicted octanol–water partition coefficient (Wildman–Crippen LogP) is 2.83. The van der Waals surface area contributed by atoms with Crippen molar-refractivity contribution in [2.45, 2.75) is 59.4 Å². The summed E-state index contributed by atoms with van der Waals surface area (Å²) in [6.07, 6.45) is 5.88. The highest BCUT2D eigenvalue weighted by Crippen LogP contribution is 2.69. The summed E-state index contributed by atoms with van der Waals surface area (Å²) in [7, 11) is 4.18. The first-order chi connectivity index (χ1) is 7.92. The minimum atomic E-state index is 0.569. The molecule has 2 N–H and O–H groups in total. The Morgan fingerprint density at radius 1 is 1.24 bits per heavy atom. The lowest BCUT2D eigenvalue weighted by Gasteiger charge is -2.59. The third kappa shape index (κ3) is 1.35.